The van der Waals surface area contributed by atoms with Crippen LogP contribution in [0.5, 0.6) is 0 Å². The van der Waals surface area contributed by atoms with Crippen molar-refractivity contribution in [3.05, 3.63) is 0 Å². The molecular formula is C26H44N4O2. The van der Waals surface area contributed by atoms with Gasteiger partial charge in [0.15, 0.2) is 0 Å². The van der Waals surface area contributed by atoms with E-state index in [2.05, 4.69) is 21.3 Å². The number of nitrogens with one attached hydrogen (secondary N) is 4. The van der Waals surface area contributed by atoms with Gasteiger partial charge in [0.1, 0.15) is 0 Å². The average molecular weight is 445 g/mol. The Morgan fingerprint density at radius 2 is 1.00 bits per heavy atom. The quantitative estimate of drug-likeness (QED) is 0.451. The van der Waals surface area contributed by atoms with Crippen LogP contribution in [0.1, 0.15) is 77.0 Å². The van der Waals surface area contributed by atoms with E-state index in [4.69, 9.17) is 0 Å². The third-order valence-corrected chi connectivity index (χ3v) is 9.81. The summed E-state index contributed by atoms with van der Waals surface area (Å²) in [7, 11) is 0. The van der Waals surface area contributed by atoms with Crippen LogP contribution in [0.2, 0.25) is 0 Å². The van der Waals surface area contributed by atoms with Gasteiger partial charge >= 0.3 is 12.1 Å². The number of amides is 4. The van der Waals surface area contributed by atoms with Gasteiger partial charge in [-0.2, -0.15) is 0 Å². The minimum atomic E-state index is 0.00742. The number of carbonyl (C=O) groups excluding carboxylic acids is 2. The highest BCUT2D eigenvalue weighted by molar-refractivity contribution is 5.74. The second-order valence-corrected chi connectivity index (χ2v) is 12.0. The molecule has 0 heterocycles. The van der Waals surface area contributed by atoms with Crippen LogP contribution in [0, 0.1) is 47.3 Å². The Kier molecular flexibility index (Phi) is 7.13. The van der Waals surface area contributed by atoms with Gasteiger partial charge in [0.25, 0.3) is 0 Å². The van der Waals surface area contributed by atoms with Crippen molar-refractivity contribution < 1.29 is 9.59 Å². The highest BCUT2D eigenvalue weighted by atomic mass is 16.2. The topological polar surface area (TPSA) is 82.3 Å². The van der Waals surface area contributed by atoms with Gasteiger partial charge in [0.2, 0.25) is 0 Å². The summed E-state index contributed by atoms with van der Waals surface area (Å²) in [4.78, 5) is 24.6. The first kappa shape index (κ1) is 22.3. The van der Waals surface area contributed by atoms with Crippen molar-refractivity contribution in [1.82, 2.24) is 21.3 Å². The van der Waals surface area contributed by atoms with Crippen LogP contribution in [0.4, 0.5) is 9.59 Å². The lowest BCUT2D eigenvalue weighted by Gasteiger charge is -2.30. The normalized spacial score (nSPS) is 39.8. The van der Waals surface area contributed by atoms with Crippen LogP contribution >= 0.6 is 0 Å². The molecule has 5 saturated carbocycles. The lowest BCUT2D eigenvalue weighted by atomic mass is 9.81. The number of fused-ring (bicyclic) bond motifs is 4. The van der Waals surface area contributed by atoms with Gasteiger partial charge in [0.05, 0.1) is 0 Å². The van der Waals surface area contributed by atoms with E-state index < -0.39 is 0 Å². The minimum absolute atomic E-state index is 0.00742. The maximum absolute atomic E-state index is 12.3. The minimum Gasteiger partial charge on any atom is -0.338 e. The van der Waals surface area contributed by atoms with Gasteiger partial charge in [-0.05, 0) is 105 Å². The number of carbonyl (C=O) groups is 2. The van der Waals surface area contributed by atoms with E-state index in [1.165, 1.54) is 70.6 Å². The summed E-state index contributed by atoms with van der Waals surface area (Å²) in [5.74, 6) is 6.06. The van der Waals surface area contributed by atoms with E-state index in [9.17, 15) is 9.59 Å². The largest absolute Gasteiger partial charge is 0.338 e. The Balaban J connectivity index is 0.933. The summed E-state index contributed by atoms with van der Waals surface area (Å²) in [6.07, 6.45) is 15.6. The Morgan fingerprint density at radius 3 is 1.41 bits per heavy atom. The number of urea groups is 2. The van der Waals surface area contributed by atoms with E-state index >= 15 is 0 Å². The first-order valence-electron chi connectivity index (χ1n) is 13.7. The summed E-state index contributed by atoms with van der Waals surface area (Å²) < 4.78 is 0. The molecule has 6 nitrogen and oxygen atoms in total. The predicted molar refractivity (Wildman–Crippen MR) is 126 cm³/mol. The first-order chi connectivity index (χ1) is 15.6. The zero-order valence-corrected chi connectivity index (χ0v) is 19.7. The third kappa shape index (κ3) is 5.53. The molecule has 32 heavy (non-hydrogen) atoms. The maximum atomic E-state index is 12.3. The van der Waals surface area contributed by atoms with Gasteiger partial charge < -0.3 is 21.3 Å². The molecule has 0 aromatic heterocycles. The zero-order valence-electron chi connectivity index (χ0n) is 19.7. The number of hydrogen-bond donors (Lipinski definition) is 4. The molecular weight excluding hydrogens is 400 g/mol. The molecule has 5 aliphatic carbocycles. The van der Waals surface area contributed by atoms with Crippen molar-refractivity contribution in [3.8, 4) is 0 Å². The Morgan fingerprint density at radius 1 is 0.531 bits per heavy atom. The summed E-state index contributed by atoms with van der Waals surface area (Å²) in [5, 5.41) is 12.5. The lowest BCUT2D eigenvalue weighted by Crippen LogP contribution is -2.43. The summed E-state index contributed by atoms with van der Waals surface area (Å²) in [6, 6.07) is 0.0148. The van der Waals surface area contributed by atoms with Crippen LogP contribution in [-0.4, -0.2) is 38.2 Å². The van der Waals surface area contributed by atoms with Crippen molar-refractivity contribution in [3.63, 3.8) is 0 Å². The van der Waals surface area contributed by atoms with Crippen LogP contribution in [0.3, 0.4) is 0 Å². The van der Waals surface area contributed by atoms with Crippen LogP contribution < -0.4 is 21.3 Å². The Bertz CT molecular complexity index is 616. The smallest absolute Gasteiger partial charge is 0.314 e. The highest BCUT2D eigenvalue weighted by Crippen LogP contribution is 2.48. The number of rotatable bonds is 8. The van der Waals surface area contributed by atoms with Crippen molar-refractivity contribution in [1.29, 1.82) is 0 Å². The fourth-order valence-corrected chi connectivity index (χ4v) is 8.07. The summed E-state index contributed by atoms with van der Waals surface area (Å²) >= 11 is 0. The molecule has 5 fully saturated rings. The Hall–Kier alpha value is -1.46. The second-order valence-electron chi connectivity index (χ2n) is 12.0. The van der Waals surface area contributed by atoms with Crippen molar-refractivity contribution >= 4 is 12.1 Å². The zero-order chi connectivity index (χ0) is 21.9. The summed E-state index contributed by atoms with van der Waals surface area (Å²) in [6.45, 7) is 3.22. The van der Waals surface area contributed by atoms with E-state index in [1.54, 1.807) is 0 Å². The molecule has 6 heteroatoms. The molecule has 5 aliphatic rings. The molecule has 0 aromatic rings. The highest BCUT2D eigenvalue weighted by Gasteiger charge is 2.40. The van der Waals surface area contributed by atoms with Gasteiger partial charge in [-0.3, -0.25) is 0 Å². The van der Waals surface area contributed by atoms with E-state index in [0.717, 1.165) is 56.3 Å². The lowest BCUT2D eigenvalue weighted by molar-refractivity contribution is 0.217. The molecule has 0 unspecified atom stereocenters. The fourth-order valence-electron chi connectivity index (χ4n) is 8.07. The van der Waals surface area contributed by atoms with E-state index in [-0.39, 0.29) is 12.1 Å². The SMILES string of the molecule is O=C(NC[C@@H]1CCC[C@H](CNC(=O)NC[C@H]2C[C@H]3CC[C@H]2C3)C1)NC[C@@H]1C[C@H]2CC[C@H]1C2. The molecule has 5 rings (SSSR count). The monoisotopic (exact) mass is 444 g/mol. The van der Waals surface area contributed by atoms with Gasteiger partial charge in [-0.25, -0.2) is 9.59 Å². The number of hydrogen-bond acceptors (Lipinski definition) is 2. The third-order valence-electron chi connectivity index (χ3n) is 9.81. The van der Waals surface area contributed by atoms with E-state index in [0.29, 0.717) is 23.7 Å². The molecule has 0 aliphatic heterocycles. The molecule has 8 atom stereocenters. The van der Waals surface area contributed by atoms with Crippen molar-refractivity contribution in [2.24, 2.45) is 47.3 Å². The van der Waals surface area contributed by atoms with Crippen molar-refractivity contribution in [2.75, 3.05) is 26.2 Å². The molecule has 4 N–H and O–H groups in total. The summed E-state index contributed by atoms with van der Waals surface area (Å²) in [5.41, 5.74) is 0. The van der Waals surface area contributed by atoms with Crippen LogP contribution in [-0.2, 0) is 0 Å². The maximum Gasteiger partial charge on any atom is 0.314 e. The second kappa shape index (κ2) is 10.2. The van der Waals surface area contributed by atoms with E-state index in [1.807, 2.05) is 0 Å². The fraction of sp³-hybridized carbons (Fsp3) is 0.923. The standard InChI is InChI=1S/C26H44N4O2/c31-25(29-15-23-11-17-4-6-21(23)9-17)27-13-19-2-1-3-20(8-19)14-28-26(32)30-16-24-12-18-5-7-22(24)10-18/h17-24H,1-16H2,(H2,27,29,31)(H2,28,30,32)/t17-,18-,19-,20+,21-,22-,23+,24-/m0/s1. The van der Waals surface area contributed by atoms with Gasteiger partial charge in [0, 0.05) is 26.2 Å². The molecule has 180 valence electrons. The Labute approximate surface area is 193 Å². The van der Waals surface area contributed by atoms with Crippen molar-refractivity contribution in [2.45, 2.75) is 77.0 Å². The van der Waals surface area contributed by atoms with Crippen LogP contribution in [0.25, 0.3) is 0 Å². The molecule has 0 aromatic carbocycles. The van der Waals surface area contributed by atoms with Gasteiger partial charge in [-0.1, -0.05) is 19.3 Å². The van der Waals surface area contributed by atoms with Gasteiger partial charge in [-0.15, -0.1) is 0 Å². The van der Waals surface area contributed by atoms with Crippen LogP contribution in [0.15, 0.2) is 0 Å². The molecule has 0 spiro atoms. The molecule has 4 amide bonds. The molecule has 0 saturated heterocycles. The predicted octanol–water partition coefficient (Wildman–Crippen LogP) is 4.26. The average Bonchev–Trinajstić information content (AvgIpc) is 3.61. The molecule has 4 bridgehead atoms. The molecule has 0 radical (unpaired) electrons. The first-order valence-corrected chi connectivity index (χ1v) is 13.7.